The van der Waals surface area contributed by atoms with E-state index < -0.39 is 12.8 Å². The number of rotatable bonds is 8. The highest BCUT2D eigenvalue weighted by Crippen LogP contribution is 2.25. The summed E-state index contributed by atoms with van der Waals surface area (Å²) in [6.07, 6.45) is -3.90. The van der Waals surface area contributed by atoms with Crippen molar-refractivity contribution < 1.29 is 27.1 Å². The number of ether oxygens (including phenoxy) is 1. The first-order valence-corrected chi connectivity index (χ1v) is 8.14. The summed E-state index contributed by atoms with van der Waals surface area (Å²) in [5, 5.41) is 5.10. The van der Waals surface area contributed by atoms with Gasteiger partial charge in [-0.1, -0.05) is 0 Å². The normalized spacial score (nSPS) is 11.7. The van der Waals surface area contributed by atoms with Crippen LogP contribution in [0, 0.1) is 6.92 Å². The maximum Gasteiger partial charge on any atom is 0.411 e. The predicted octanol–water partition coefficient (Wildman–Crippen LogP) is 3.34. The van der Waals surface area contributed by atoms with Gasteiger partial charge in [0.2, 0.25) is 5.91 Å². The standard InChI is InChI=1S/C15H17F3N2O3S/c1-10-3-4-12(23-10)14-20-11(8-24-14)7-13(21)19-5-2-6-22-9-15(16,17)18/h3-4,8H,2,5-7,9H2,1H3,(H,19,21). The first kappa shape index (κ1) is 18.5. The lowest BCUT2D eigenvalue weighted by atomic mass is 10.3. The number of nitrogens with zero attached hydrogens (tertiary/aromatic N) is 1. The molecular weight excluding hydrogens is 345 g/mol. The highest BCUT2D eigenvalue weighted by molar-refractivity contribution is 7.13. The number of alkyl halides is 3. The lowest BCUT2D eigenvalue weighted by Gasteiger charge is -2.08. The number of thiazole rings is 1. The molecule has 9 heteroatoms. The number of furan rings is 1. The van der Waals surface area contributed by atoms with Crippen molar-refractivity contribution in [1.29, 1.82) is 0 Å². The Kier molecular flexibility index (Phi) is 6.38. The van der Waals surface area contributed by atoms with Crippen LogP contribution in [-0.2, 0) is 16.0 Å². The zero-order valence-corrected chi connectivity index (χ0v) is 13.8. The Hall–Kier alpha value is -1.87. The smallest absolute Gasteiger partial charge is 0.411 e. The summed E-state index contributed by atoms with van der Waals surface area (Å²) in [4.78, 5) is 16.1. The van der Waals surface area contributed by atoms with Crippen molar-refractivity contribution >= 4 is 17.2 Å². The molecule has 1 amide bonds. The molecule has 0 bridgehead atoms. The van der Waals surface area contributed by atoms with Gasteiger partial charge in [-0.25, -0.2) is 4.98 Å². The highest BCUT2D eigenvalue weighted by atomic mass is 32.1. The minimum Gasteiger partial charge on any atom is -0.459 e. The summed E-state index contributed by atoms with van der Waals surface area (Å²) in [6, 6.07) is 3.66. The molecule has 0 unspecified atom stereocenters. The Morgan fingerprint density at radius 3 is 2.88 bits per heavy atom. The summed E-state index contributed by atoms with van der Waals surface area (Å²) in [5.41, 5.74) is 0.620. The van der Waals surface area contributed by atoms with Crippen LogP contribution in [-0.4, -0.2) is 36.8 Å². The summed E-state index contributed by atoms with van der Waals surface area (Å²) >= 11 is 1.38. The maximum atomic E-state index is 11.9. The number of nitrogens with one attached hydrogen (secondary N) is 1. The molecule has 24 heavy (non-hydrogen) atoms. The average Bonchev–Trinajstić information content (AvgIpc) is 3.10. The van der Waals surface area contributed by atoms with Crippen LogP contribution in [0.1, 0.15) is 17.9 Å². The van der Waals surface area contributed by atoms with Crippen molar-refractivity contribution in [3.63, 3.8) is 0 Å². The molecule has 2 heterocycles. The molecule has 2 rings (SSSR count). The average molecular weight is 362 g/mol. The molecule has 0 saturated heterocycles. The lowest BCUT2D eigenvalue weighted by molar-refractivity contribution is -0.174. The van der Waals surface area contributed by atoms with Gasteiger partial charge >= 0.3 is 6.18 Å². The molecule has 2 aromatic heterocycles. The second-order valence-electron chi connectivity index (χ2n) is 5.10. The maximum absolute atomic E-state index is 11.9. The molecule has 0 atom stereocenters. The number of aryl methyl sites for hydroxylation is 1. The van der Waals surface area contributed by atoms with E-state index in [-0.39, 0.29) is 25.5 Å². The van der Waals surface area contributed by atoms with Crippen LogP contribution in [0.5, 0.6) is 0 Å². The second kappa shape index (κ2) is 8.29. The van der Waals surface area contributed by atoms with Gasteiger partial charge in [0.15, 0.2) is 10.8 Å². The first-order chi connectivity index (χ1) is 11.3. The van der Waals surface area contributed by atoms with Crippen LogP contribution in [0.25, 0.3) is 10.8 Å². The Labute approximate surface area is 140 Å². The van der Waals surface area contributed by atoms with Gasteiger partial charge < -0.3 is 14.5 Å². The molecule has 0 aliphatic rings. The summed E-state index contributed by atoms with van der Waals surface area (Å²) in [6.45, 7) is 0.766. The fourth-order valence-corrected chi connectivity index (χ4v) is 2.65. The van der Waals surface area contributed by atoms with Gasteiger partial charge in [-0.2, -0.15) is 13.2 Å². The molecular formula is C15H17F3N2O3S. The highest BCUT2D eigenvalue weighted by Gasteiger charge is 2.27. The predicted molar refractivity (Wildman–Crippen MR) is 82.8 cm³/mol. The Balaban J connectivity index is 1.67. The quantitative estimate of drug-likeness (QED) is 0.732. The molecule has 0 aliphatic carbocycles. The topological polar surface area (TPSA) is 64.4 Å². The van der Waals surface area contributed by atoms with E-state index in [1.54, 1.807) is 5.38 Å². The van der Waals surface area contributed by atoms with Gasteiger partial charge in [0, 0.05) is 18.5 Å². The monoisotopic (exact) mass is 362 g/mol. The molecule has 0 aliphatic heterocycles. The molecule has 0 saturated carbocycles. The zero-order chi connectivity index (χ0) is 17.6. The van der Waals surface area contributed by atoms with Crippen LogP contribution in [0.15, 0.2) is 21.9 Å². The molecule has 132 valence electrons. The van der Waals surface area contributed by atoms with Crippen molar-refractivity contribution in [2.45, 2.75) is 25.9 Å². The minimum atomic E-state index is -4.32. The van der Waals surface area contributed by atoms with E-state index in [0.717, 1.165) is 5.76 Å². The van der Waals surface area contributed by atoms with E-state index in [2.05, 4.69) is 15.0 Å². The van der Waals surface area contributed by atoms with Gasteiger partial charge in [-0.05, 0) is 25.5 Å². The van der Waals surface area contributed by atoms with Gasteiger partial charge in [0.05, 0.1) is 12.1 Å². The van der Waals surface area contributed by atoms with E-state index in [4.69, 9.17) is 4.42 Å². The zero-order valence-electron chi connectivity index (χ0n) is 13.0. The molecule has 0 aromatic carbocycles. The summed E-state index contributed by atoms with van der Waals surface area (Å²) in [7, 11) is 0. The van der Waals surface area contributed by atoms with Crippen molar-refractivity contribution in [2.75, 3.05) is 19.8 Å². The number of hydrogen-bond acceptors (Lipinski definition) is 5. The molecule has 0 fully saturated rings. The number of carbonyl (C=O) groups excluding carboxylic acids is 1. The van der Waals surface area contributed by atoms with E-state index >= 15 is 0 Å². The second-order valence-corrected chi connectivity index (χ2v) is 5.96. The van der Waals surface area contributed by atoms with Gasteiger partial charge in [-0.15, -0.1) is 11.3 Å². The number of amides is 1. The number of carbonyl (C=O) groups is 1. The molecule has 1 N–H and O–H groups in total. The number of hydrogen-bond donors (Lipinski definition) is 1. The largest absolute Gasteiger partial charge is 0.459 e. The van der Waals surface area contributed by atoms with Crippen molar-refractivity contribution in [3.05, 3.63) is 29.0 Å². The number of halogens is 3. The Morgan fingerprint density at radius 1 is 1.42 bits per heavy atom. The third-order valence-corrected chi connectivity index (χ3v) is 3.80. The van der Waals surface area contributed by atoms with Crippen LogP contribution in [0.2, 0.25) is 0 Å². The molecule has 0 spiro atoms. The van der Waals surface area contributed by atoms with Crippen LogP contribution < -0.4 is 5.32 Å². The third kappa shape index (κ3) is 6.32. The third-order valence-electron chi connectivity index (χ3n) is 2.90. The van der Waals surface area contributed by atoms with Crippen molar-refractivity contribution in [3.8, 4) is 10.8 Å². The van der Waals surface area contributed by atoms with Crippen molar-refractivity contribution in [2.24, 2.45) is 0 Å². The van der Waals surface area contributed by atoms with Crippen LogP contribution in [0.3, 0.4) is 0 Å². The van der Waals surface area contributed by atoms with Crippen LogP contribution in [0.4, 0.5) is 13.2 Å². The summed E-state index contributed by atoms with van der Waals surface area (Å²) in [5.74, 6) is 1.21. The van der Waals surface area contributed by atoms with Crippen LogP contribution >= 0.6 is 11.3 Å². The number of aromatic nitrogens is 1. The van der Waals surface area contributed by atoms with E-state index in [0.29, 0.717) is 22.9 Å². The van der Waals surface area contributed by atoms with E-state index in [9.17, 15) is 18.0 Å². The van der Waals surface area contributed by atoms with Crippen molar-refractivity contribution in [1.82, 2.24) is 10.3 Å². The minimum absolute atomic E-state index is 0.0571. The molecule has 5 nitrogen and oxygen atoms in total. The van der Waals surface area contributed by atoms with E-state index in [1.165, 1.54) is 11.3 Å². The van der Waals surface area contributed by atoms with Gasteiger partial charge in [0.25, 0.3) is 0 Å². The van der Waals surface area contributed by atoms with Gasteiger partial charge in [0.1, 0.15) is 12.4 Å². The Morgan fingerprint density at radius 2 is 2.21 bits per heavy atom. The fourth-order valence-electron chi connectivity index (χ4n) is 1.87. The lowest BCUT2D eigenvalue weighted by Crippen LogP contribution is -2.27. The molecule has 0 radical (unpaired) electrons. The fraction of sp³-hybridized carbons (Fsp3) is 0.467. The summed E-state index contributed by atoms with van der Waals surface area (Å²) < 4.78 is 45.5. The first-order valence-electron chi connectivity index (χ1n) is 7.26. The molecule has 2 aromatic rings. The Bertz CT molecular complexity index is 667. The van der Waals surface area contributed by atoms with E-state index in [1.807, 2.05) is 19.1 Å². The SMILES string of the molecule is Cc1ccc(-c2nc(CC(=O)NCCCOCC(F)(F)F)cs2)o1. The van der Waals surface area contributed by atoms with Gasteiger partial charge in [-0.3, -0.25) is 4.79 Å².